The van der Waals surface area contributed by atoms with Gasteiger partial charge in [-0.25, -0.2) is 8.42 Å². The van der Waals surface area contributed by atoms with Crippen LogP contribution in [0.1, 0.15) is 13.3 Å². The van der Waals surface area contributed by atoms with Crippen LogP contribution in [0.3, 0.4) is 0 Å². The molecule has 90 valence electrons. The maximum absolute atomic E-state index is 11.4. The average molecular weight is 243 g/mol. The van der Waals surface area contributed by atoms with Crippen molar-refractivity contribution >= 4 is 15.5 Å². The summed E-state index contributed by atoms with van der Waals surface area (Å²) in [5.74, 6) is 0.921. The molecule has 0 bridgehead atoms. The Hall–Kier alpha value is -1.23. The van der Waals surface area contributed by atoms with Crippen LogP contribution in [0.2, 0.25) is 0 Å². The van der Waals surface area contributed by atoms with Gasteiger partial charge >= 0.3 is 0 Å². The molecule has 2 N–H and O–H groups in total. The molecule has 0 radical (unpaired) electrons. The third-order valence-corrected chi connectivity index (χ3v) is 3.88. The summed E-state index contributed by atoms with van der Waals surface area (Å²) in [4.78, 5) is 0. The summed E-state index contributed by atoms with van der Waals surface area (Å²) in [5.41, 5.74) is 6.17. The number of nitrogen functional groups attached to an aromatic ring is 1. The fourth-order valence-corrected chi connectivity index (χ4v) is 2.43. The molecule has 0 unspecified atom stereocenters. The fourth-order valence-electron chi connectivity index (χ4n) is 1.26. The lowest BCUT2D eigenvalue weighted by Crippen LogP contribution is -2.16. The van der Waals surface area contributed by atoms with Gasteiger partial charge in [0.05, 0.1) is 11.5 Å². The van der Waals surface area contributed by atoms with Crippen molar-refractivity contribution < 1.29 is 13.2 Å². The van der Waals surface area contributed by atoms with E-state index in [1.165, 1.54) is 0 Å². The van der Waals surface area contributed by atoms with Gasteiger partial charge in [-0.3, -0.25) is 0 Å². The molecule has 4 nitrogen and oxygen atoms in total. The average Bonchev–Trinajstić information content (AvgIpc) is 2.20. The van der Waals surface area contributed by atoms with Gasteiger partial charge in [0.1, 0.15) is 12.4 Å². The van der Waals surface area contributed by atoms with Crippen molar-refractivity contribution in [2.24, 2.45) is 0 Å². The third-order valence-electron chi connectivity index (χ3n) is 2.06. The van der Waals surface area contributed by atoms with Gasteiger partial charge < -0.3 is 10.5 Å². The van der Waals surface area contributed by atoms with Gasteiger partial charge in [0, 0.05) is 5.69 Å². The highest BCUT2D eigenvalue weighted by Gasteiger charge is 2.08. The molecule has 0 atom stereocenters. The molecule has 1 aromatic carbocycles. The summed E-state index contributed by atoms with van der Waals surface area (Å²) in [5, 5.41) is 0. The molecule has 0 amide bonds. The molecule has 1 rings (SSSR count). The van der Waals surface area contributed by atoms with E-state index in [2.05, 4.69) is 0 Å². The summed E-state index contributed by atoms with van der Waals surface area (Å²) in [6.07, 6.45) is 0.643. The van der Waals surface area contributed by atoms with E-state index in [0.717, 1.165) is 0 Å². The molecule has 0 aliphatic carbocycles. The number of nitrogens with two attached hydrogens (primary N) is 1. The second-order valence-corrected chi connectivity index (χ2v) is 5.87. The Morgan fingerprint density at radius 2 is 1.81 bits per heavy atom. The van der Waals surface area contributed by atoms with Crippen LogP contribution < -0.4 is 10.5 Å². The van der Waals surface area contributed by atoms with E-state index in [4.69, 9.17) is 10.5 Å². The Morgan fingerprint density at radius 1 is 1.19 bits per heavy atom. The normalized spacial score (nSPS) is 11.3. The number of hydrogen-bond donors (Lipinski definition) is 1. The van der Waals surface area contributed by atoms with E-state index in [9.17, 15) is 8.42 Å². The van der Waals surface area contributed by atoms with E-state index in [0.29, 0.717) is 17.9 Å². The van der Waals surface area contributed by atoms with E-state index in [-0.39, 0.29) is 18.1 Å². The molecule has 0 saturated heterocycles. The maximum atomic E-state index is 11.4. The first-order valence-corrected chi connectivity index (χ1v) is 7.04. The first-order valence-electron chi connectivity index (χ1n) is 5.22. The smallest absolute Gasteiger partial charge is 0.153 e. The van der Waals surface area contributed by atoms with Crippen molar-refractivity contribution in [3.63, 3.8) is 0 Å². The monoisotopic (exact) mass is 243 g/mol. The Kier molecular flexibility index (Phi) is 4.61. The summed E-state index contributed by atoms with van der Waals surface area (Å²) in [7, 11) is -2.96. The van der Waals surface area contributed by atoms with E-state index in [1.54, 1.807) is 24.3 Å². The first-order chi connectivity index (χ1) is 7.53. The summed E-state index contributed by atoms with van der Waals surface area (Å²) < 4.78 is 28.1. The minimum atomic E-state index is -2.96. The van der Waals surface area contributed by atoms with Crippen molar-refractivity contribution in [3.05, 3.63) is 24.3 Å². The Balaban J connectivity index is 2.39. The number of benzene rings is 1. The van der Waals surface area contributed by atoms with Crippen LogP contribution in [0.25, 0.3) is 0 Å². The molecular weight excluding hydrogens is 226 g/mol. The van der Waals surface area contributed by atoms with Gasteiger partial charge in [-0.2, -0.15) is 0 Å². The van der Waals surface area contributed by atoms with Crippen LogP contribution >= 0.6 is 0 Å². The summed E-state index contributed by atoms with van der Waals surface area (Å²) >= 11 is 0. The van der Waals surface area contributed by atoms with Gasteiger partial charge in [-0.15, -0.1) is 0 Å². The van der Waals surface area contributed by atoms with Gasteiger partial charge in [0.2, 0.25) is 0 Å². The highest BCUT2D eigenvalue weighted by molar-refractivity contribution is 7.91. The predicted molar refractivity (Wildman–Crippen MR) is 65.3 cm³/mol. The quantitative estimate of drug-likeness (QED) is 0.768. The molecular formula is C11H17NO3S. The highest BCUT2D eigenvalue weighted by atomic mass is 32.2. The Morgan fingerprint density at radius 3 is 2.38 bits per heavy atom. The molecule has 0 fully saturated rings. The van der Waals surface area contributed by atoms with Crippen molar-refractivity contribution in [1.82, 2.24) is 0 Å². The molecule has 0 aliphatic rings. The Bertz CT molecular complexity index is 411. The van der Waals surface area contributed by atoms with Gasteiger partial charge in [0.15, 0.2) is 9.84 Å². The van der Waals surface area contributed by atoms with Crippen molar-refractivity contribution in [2.45, 2.75) is 13.3 Å². The lowest BCUT2D eigenvalue weighted by Gasteiger charge is -2.06. The van der Waals surface area contributed by atoms with Crippen LogP contribution in [0, 0.1) is 0 Å². The molecule has 0 saturated carbocycles. The second-order valence-electron chi connectivity index (χ2n) is 3.57. The fraction of sp³-hybridized carbons (Fsp3) is 0.455. The predicted octanol–water partition coefficient (Wildman–Crippen LogP) is 1.47. The minimum Gasteiger partial charge on any atom is -0.493 e. The van der Waals surface area contributed by atoms with E-state index >= 15 is 0 Å². The molecule has 0 spiro atoms. The highest BCUT2D eigenvalue weighted by Crippen LogP contribution is 2.12. The Labute approximate surface area is 96.3 Å². The van der Waals surface area contributed by atoms with Gasteiger partial charge in [0.25, 0.3) is 0 Å². The van der Waals surface area contributed by atoms with Gasteiger partial charge in [-0.05, 0) is 30.7 Å². The summed E-state index contributed by atoms with van der Waals surface area (Å²) in [6.45, 7) is 2.03. The van der Waals surface area contributed by atoms with Crippen molar-refractivity contribution in [1.29, 1.82) is 0 Å². The molecule has 16 heavy (non-hydrogen) atoms. The number of sulfone groups is 1. The molecule has 0 aromatic heterocycles. The third kappa shape index (κ3) is 4.53. The zero-order valence-corrected chi connectivity index (χ0v) is 10.2. The summed E-state index contributed by atoms with van der Waals surface area (Å²) in [6, 6.07) is 6.88. The number of ether oxygens (including phenoxy) is 1. The zero-order chi connectivity index (χ0) is 12.0. The van der Waals surface area contributed by atoms with Gasteiger partial charge in [-0.1, -0.05) is 6.92 Å². The van der Waals surface area contributed by atoms with Crippen LogP contribution in [-0.2, 0) is 9.84 Å². The van der Waals surface area contributed by atoms with Crippen LogP contribution in [0.5, 0.6) is 5.75 Å². The SMILES string of the molecule is CCCS(=O)(=O)CCOc1ccc(N)cc1. The lowest BCUT2D eigenvalue weighted by molar-refractivity contribution is 0.341. The standard InChI is InChI=1S/C11H17NO3S/c1-2-8-16(13,14)9-7-15-11-5-3-10(12)4-6-11/h3-6H,2,7-9,12H2,1H3. The topological polar surface area (TPSA) is 69.4 Å². The zero-order valence-electron chi connectivity index (χ0n) is 9.35. The van der Waals surface area contributed by atoms with Crippen LogP contribution in [0.15, 0.2) is 24.3 Å². The van der Waals surface area contributed by atoms with Crippen molar-refractivity contribution in [3.8, 4) is 5.75 Å². The molecule has 5 heteroatoms. The number of hydrogen-bond acceptors (Lipinski definition) is 4. The van der Waals surface area contributed by atoms with Crippen molar-refractivity contribution in [2.75, 3.05) is 23.8 Å². The molecule has 0 aliphatic heterocycles. The number of rotatable bonds is 6. The van der Waals surface area contributed by atoms with Crippen LogP contribution in [0.4, 0.5) is 5.69 Å². The molecule has 1 aromatic rings. The largest absolute Gasteiger partial charge is 0.493 e. The number of anilines is 1. The van der Waals surface area contributed by atoms with E-state index in [1.807, 2.05) is 6.92 Å². The van der Waals surface area contributed by atoms with E-state index < -0.39 is 9.84 Å². The maximum Gasteiger partial charge on any atom is 0.153 e. The first kappa shape index (κ1) is 12.8. The minimum absolute atomic E-state index is 0.0607. The van der Waals surface area contributed by atoms with Crippen LogP contribution in [-0.4, -0.2) is 26.5 Å². The second kappa shape index (κ2) is 5.75. The lowest BCUT2D eigenvalue weighted by atomic mass is 10.3. The molecule has 0 heterocycles.